The number of carbonyl (C=O) groups is 3. The van der Waals surface area contributed by atoms with Gasteiger partial charge in [0.1, 0.15) is 11.6 Å². The zero-order valence-corrected chi connectivity index (χ0v) is 16.3. The van der Waals surface area contributed by atoms with E-state index in [0.717, 1.165) is 5.56 Å². The van der Waals surface area contributed by atoms with Crippen LogP contribution in [0.25, 0.3) is 0 Å². The third-order valence-corrected chi connectivity index (χ3v) is 4.75. The number of nitrogens with zero attached hydrogens (tertiary/aromatic N) is 1. The number of carboxylic acids is 1. The van der Waals surface area contributed by atoms with E-state index in [0.29, 0.717) is 25.9 Å². The Hall–Kier alpha value is -2.57. The first-order valence-corrected chi connectivity index (χ1v) is 9.12. The number of carboxylic acid groups (broad SMARTS) is 1. The molecule has 148 valence electrons. The zero-order valence-electron chi connectivity index (χ0n) is 16.3. The van der Waals surface area contributed by atoms with Crippen molar-refractivity contribution in [2.45, 2.75) is 57.6 Å². The van der Waals surface area contributed by atoms with E-state index >= 15 is 0 Å². The summed E-state index contributed by atoms with van der Waals surface area (Å²) in [4.78, 5) is 38.1. The molecule has 1 heterocycles. The largest absolute Gasteiger partial charge is 0.480 e. The highest BCUT2D eigenvalue weighted by molar-refractivity contribution is 5.91. The summed E-state index contributed by atoms with van der Waals surface area (Å²) in [6, 6.07) is 8.32. The van der Waals surface area contributed by atoms with E-state index in [4.69, 9.17) is 9.84 Å². The van der Waals surface area contributed by atoms with Crippen LogP contribution in [0.1, 0.15) is 46.1 Å². The monoisotopic (exact) mass is 376 g/mol. The SMILES string of the molecule is CC(NC(=O)C1(c2ccccc2)CCN(C(=O)OC(C)(C)C)CC1)C(=O)O. The summed E-state index contributed by atoms with van der Waals surface area (Å²) >= 11 is 0. The maximum Gasteiger partial charge on any atom is 0.410 e. The molecule has 1 fully saturated rings. The molecule has 0 aliphatic carbocycles. The smallest absolute Gasteiger partial charge is 0.410 e. The Morgan fingerprint density at radius 1 is 1.15 bits per heavy atom. The van der Waals surface area contributed by atoms with Crippen LogP contribution in [-0.2, 0) is 19.7 Å². The van der Waals surface area contributed by atoms with Crippen LogP contribution in [-0.4, -0.2) is 52.7 Å². The second kappa shape index (κ2) is 7.98. The summed E-state index contributed by atoms with van der Waals surface area (Å²) in [6.07, 6.45) is 0.395. The van der Waals surface area contributed by atoms with Crippen molar-refractivity contribution in [1.82, 2.24) is 10.2 Å². The number of nitrogens with one attached hydrogen (secondary N) is 1. The maximum absolute atomic E-state index is 13.0. The Labute approximate surface area is 159 Å². The molecule has 7 nitrogen and oxygen atoms in total. The number of piperidine rings is 1. The summed E-state index contributed by atoms with van der Waals surface area (Å²) in [6.45, 7) is 7.59. The van der Waals surface area contributed by atoms with Crippen molar-refractivity contribution < 1.29 is 24.2 Å². The van der Waals surface area contributed by atoms with Gasteiger partial charge in [-0.05, 0) is 46.1 Å². The van der Waals surface area contributed by atoms with Gasteiger partial charge in [-0.3, -0.25) is 9.59 Å². The molecule has 2 rings (SSSR count). The van der Waals surface area contributed by atoms with Gasteiger partial charge in [0.2, 0.25) is 5.91 Å². The van der Waals surface area contributed by atoms with E-state index in [1.165, 1.54) is 6.92 Å². The summed E-state index contributed by atoms with van der Waals surface area (Å²) < 4.78 is 5.42. The first-order valence-electron chi connectivity index (χ1n) is 9.12. The molecule has 2 N–H and O–H groups in total. The molecule has 1 aliphatic rings. The van der Waals surface area contributed by atoms with E-state index < -0.39 is 29.1 Å². The fraction of sp³-hybridized carbons (Fsp3) is 0.550. The van der Waals surface area contributed by atoms with Crippen molar-refractivity contribution in [3.63, 3.8) is 0 Å². The van der Waals surface area contributed by atoms with Crippen LogP contribution in [0.15, 0.2) is 30.3 Å². The van der Waals surface area contributed by atoms with Gasteiger partial charge >= 0.3 is 12.1 Å². The van der Waals surface area contributed by atoms with Gasteiger partial charge in [-0.15, -0.1) is 0 Å². The van der Waals surface area contributed by atoms with Crippen molar-refractivity contribution in [2.75, 3.05) is 13.1 Å². The van der Waals surface area contributed by atoms with Crippen LogP contribution in [0.4, 0.5) is 4.79 Å². The normalized spacial score (nSPS) is 17.7. The van der Waals surface area contributed by atoms with E-state index in [1.54, 1.807) is 4.90 Å². The highest BCUT2D eigenvalue weighted by Gasteiger charge is 2.44. The van der Waals surface area contributed by atoms with Crippen LogP contribution < -0.4 is 5.32 Å². The summed E-state index contributed by atoms with van der Waals surface area (Å²) in [5, 5.41) is 11.7. The lowest BCUT2D eigenvalue weighted by Crippen LogP contribution is -2.55. The van der Waals surface area contributed by atoms with Crippen LogP contribution in [0, 0.1) is 0 Å². The molecule has 1 atom stereocenters. The van der Waals surface area contributed by atoms with Gasteiger partial charge in [-0.2, -0.15) is 0 Å². The lowest BCUT2D eigenvalue weighted by atomic mass is 9.72. The van der Waals surface area contributed by atoms with Gasteiger partial charge in [0.05, 0.1) is 5.41 Å². The molecule has 0 radical (unpaired) electrons. The number of likely N-dealkylation sites (tertiary alicyclic amines) is 1. The van der Waals surface area contributed by atoms with E-state index in [2.05, 4.69) is 5.32 Å². The Morgan fingerprint density at radius 3 is 2.19 bits per heavy atom. The molecule has 1 unspecified atom stereocenters. The maximum atomic E-state index is 13.0. The average Bonchev–Trinajstić information content (AvgIpc) is 2.60. The molecule has 1 aromatic rings. The van der Waals surface area contributed by atoms with Gasteiger partial charge in [0.25, 0.3) is 0 Å². The molecule has 2 amide bonds. The molecular weight excluding hydrogens is 348 g/mol. The minimum absolute atomic E-state index is 0.326. The lowest BCUT2D eigenvalue weighted by Gasteiger charge is -2.41. The summed E-state index contributed by atoms with van der Waals surface area (Å²) in [7, 11) is 0. The van der Waals surface area contributed by atoms with Crippen molar-refractivity contribution >= 4 is 18.0 Å². The van der Waals surface area contributed by atoms with E-state index in [1.807, 2.05) is 51.1 Å². The third-order valence-electron chi connectivity index (χ3n) is 4.75. The summed E-state index contributed by atoms with van der Waals surface area (Å²) in [5.74, 6) is -1.41. The molecule has 0 saturated carbocycles. The highest BCUT2D eigenvalue weighted by Crippen LogP contribution is 2.36. The number of ether oxygens (including phenoxy) is 1. The molecule has 0 spiro atoms. The number of hydrogen-bond donors (Lipinski definition) is 2. The van der Waals surface area contributed by atoms with Gasteiger partial charge in [-0.25, -0.2) is 4.79 Å². The zero-order chi connectivity index (χ0) is 20.2. The van der Waals surface area contributed by atoms with Gasteiger partial charge in [0.15, 0.2) is 0 Å². The van der Waals surface area contributed by atoms with Crippen LogP contribution in [0.2, 0.25) is 0 Å². The Morgan fingerprint density at radius 2 is 1.70 bits per heavy atom. The number of aliphatic carboxylic acids is 1. The van der Waals surface area contributed by atoms with Crippen molar-refractivity contribution in [1.29, 1.82) is 0 Å². The topological polar surface area (TPSA) is 95.9 Å². The summed E-state index contributed by atoms with van der Waals surface area (Å²) in [5.41, 5.74) is -0.632. The first kappa shape index (κ1) is 20.7. The number of rotatable bonds is 4. The molecule has 1 saturated heterocycles. The van der Waals surface area contributed by atoms with E-state index in [9.17, 15) is 14.4 Å². The first-order chi connectivity index (χ1) is 12.5. The molecule has 1 aliphatic heterocycles. The number of amides is 2. The molecule has 0 bridgehead atoms. The second-order valence-corrected chi connectivity index (χ2v) is 7.95. The minimum Gasteiger partial charge on any atom is -0.480 e. The van der Waals surface area contributed by atoms with Crippen molar-refractivity contribution in [3.8, 4) is 0 Å². The van der Waals surface area contributed by atoms with Gasteiger partial charge < -0.3 is 20.1 Å². The molecule has 27 heavy (non-hydrogen) atoms. The number of benzene rings is 1. The Kier molecular flexibility index (Phi) is 6.13. The predicted molar refractivity (Wildman–Crippen MR) is 100 cm³/mol. The standard InChI is InChI=1S/C20H28N2O5/c1-14(16(23)24)21-17(25)20(15-8-6-5-7-9-15)10-12-22(13-11-20)18(26)27-19(2,3)4/h5-9,14H,10-13H2,1-4H3,(H,21,25)(H,23,24). The average molecular weight is 376 g/mol. The molecule has 0 aromatic heterocycles. The minimum atomic E-state index is -1.09. The van der Waals surface area contributed by atoms with Crippen LogP contribution in [0.5, 0.6) is 0 Å². The van der Waals surface area contributed by atoms with Crippen molar-refractivity contribution in [2.24, 2.45) is 0 Å². The third kappa shape index (κ3) is 4.99. The molecular formula is C20H28N2O5. The quantitative estimate of drug-likeness (QED) is 0.842. The fourth-order valence-electron chi connectivity index (χ4n) is 3.20. The van der Waals surface area contributed by atoms with Crippen LogP contribution >= 0.6 is 0 Å². The van der Waals surface area contributed by atoms with E-state index in [-0.39, 0.29) is 5.91 Å². The number of hydrogen-bond acceptors (Lipinski definition) is 4. The highest BCUT2D eigenvalue weighted by atomic mass is 16.6. The van der Waals surface area contributed by atoms with Gasteiger partial charge in [-0.1, -0.05) is 30.3 Å². The predicted octanol–water partition coefficient (Wildman–Crippen LogP) is 2.54. The van der Waals surface area contributed by atoms with Crippen LogP contribution in [0.3, 0.4) is 0 Å². The van der Waals surface area contributed by atoms with Gasteiger partial charge in [0, 0.05) is 13.1 Å². The fourth-order valence-corrected chi connectivity index (χ4v) is 3.20. The Balaban J connectivity index is 2.21. The molecule has 1 aromatic carbocycles. The Bertz CT molecular complexity index is 688. The van der Waals surface area contributed by atoms with Crippen molar-refractivity contribution in [3.05, 3.63) is 35.9 Å². The molecule has 7 heteroatoms. The lowest BCUT2D eigenvalue weighted by molar-refractivity contribution is -0.142. The number of carbonyl (C=O) groups excluding carboxylic acids is 2. The second-order valence-electron chi connectivity index (χ2n) is 7.95.